The van der Waals surface area contributed by atoms with Crippen molar-refractivity contribution < 1.29 is 33.0 Å². The molecule has 1 fully saturated rings. The van der Waals surface area contributed by atoms with Crippen LogP contribution in [0.5, 0.6) is 0 Å². The van der Waals surface area contributed by atoms with Gasteiger partial charge in [-0.05, 0) is 12.1 Å². The highest BCUT2D eigenvalue weighted by Crippen LogP contribution is 2.30. The van der Waals surface area contributed by atoms with E-state index in [2.05, 4.69) is 5.32 Å². The van der Waals surface area contributed by atoms with Gasteiger partial charge in [0.25, 0.3) is 0 Å². The van der Waals surface area contributed by atoms with Gasteiger partial charge in [0, 0.05) is 27.3 Å². The highest BCUT2D eigenvalue weighted by Gasteiger charge is 2.47. The van der Waals surface area contributed by atoms with E-state index in [-0.39, 0.29) is 6.54 Å². The van der Waals surface area contributed by atoms with E-state index in [4.69, 9.17) is 18.6 Å². The molecule has 2 rings (SSSR count). The number of furan rings is 1. The van der Waals surface area contributed by atoms with Crippen LogP contribution in [0.4, 0.5) is 0 Å². The zero-order valence-corrected chi connectivity index (χ0v) is 13.1. The number of carbonyl (C=O) groups is 3. The van der Waals surface area contributed by atoms with Crippen molar-refractivity contribution in [2.75, 3.05) is 6.54 Å². The zero-order chi connectivity index (χ0) is 17.0. The average Bonchev–Trinajstić information content (AvgIpc) is 2.94. The SMILES string of the molecule is CC(=O)O[C@@H]1[C@@H](OC(C)=O)[C@H](OC(C)=O)CN[C@@H]1c1ccco1. The lowest BCUT2D eigenvalue weighted by molar-refractivity contribution is -0.192. The minimum absolute atomic E-state index is 0.223. The highest BCUT2D eigenvalue weighted by atomic mass is 16.6. The van der Waals surface area contributed by atoms with Crippen LogP contribution in [-0.4, -0.2) is 42.8 Å². The first-order chi connectivity index (χ1) is 10.9. The average molecular weight is 325 g/mol. The van der Waals surface area contributed by atoms with E-state index in [1.54, 1.807) is 12.1 Å². The van der Waals surface area contributed by atoms with Crippen molar-refractivity contribution in [2.24, 2.45) is 0 Å². The molecule has 1 saturated heterocycles. The molecule has 0 spiro atoms. The number of ether oxygens (including phenoxy) is 3. The molecule has 0 amide bonds. The van der Waals surface area contributed by atoms with Gasteiger partial charge in [-0.15, -0.1) is 0 Å². The number of piperidine rings is 1. The number of esters is 3. The van der Waals surface area contributed by atoms with Gasteiger partial charge in [-0.3, -0.25) is 14.4 Å². The smallest absolute Gasteiger partial charge is 0.303 e. The molecule has 8 heteroatoms. The Kier molecular flexibility index (Phi) is 5.38. The van der Waals surface area contributed by atoms with Crippen LogP contribution in [0.15, 0.2) is 22.8 Å². The number of hydrogen-bond acceptors (Lipinski definition) is 8. The summed E-state index contributed by atoms with van der Waals surface area (Å²) < 4.78 is 21.1. The van der Waals surface area contributed by atoms with Crippen molar-refractivity contribution in [1.82, 2.24) is 5.32 Å². The first-order valence-electron chi connectivity index (χ1n) is 7.17. The van der Waals surface area contributed by atoms with Gasteiger partial charge in [0.05, 0.1) is 6.26 Å². The Morgan fingerprint density at radius 3 is 2.17 bits per heavy atom. The molecule has 1 N–H and O–H groups in total. The zero-order valence-electron chi connectivity index (χ0n) is 13.1. The van der Waals surface area contributed by atoms with E-state index in [0.717, 1.165) is 0 Å². The molecule has 126 valence electrons. The van der Waals surface area contributed by atoms with Crippen molar-refractivity contribution in [3.63, 3.8) is 0 Å². The quantitative estimate of drug-likeness (QED) is 0.638. The normalized spacial score (nSPS) is 27.1. The van der Waals surface area contributed by atoms with Gasteiger partial charge in [0.2, 0.25) is 0 Å². The van der Waals surface area contributed by atoms with Crippen molar-refractivity contribution in [1.29, 1.82) is 0 Å². The summed E-state index contributed by atoms with van der Waals surface area (Å²) in [6, 6.07) is 2.89. The molecule has 2 heterocycles. The van der Waals surface area contributed by atoms with Crippen LogP contribution in [0.1, 0.15) is 32.6 Å². The third-order valence-electron chi connectivity index (χ3n) is 3.33. The first-order valence-corrected chi connectivity index (χ1v) is 7.17. The fourth-order valence-corrected chi connectivity index (χ4v) is 2.59. The Bertz CT molecular complexity index is 568. The van der Waals surface area contributed by atoms with Crippen LogP contribution in [-0.2, 0) is 28.6 Å². The fourth-order valence-electron chi connectivity index (χ4n) is 2.59. The molecule has 0 bridgehead atoms. The van der Waals surface area contributed by atoms with Gasteiger partial charge >= 0.3 is 17.9 Å². The summed E-state index contributed by atoms with van der Waals surface area (Å²) in [5.41, 5.74) is 0. The summed E-state index contributed by atoms with van der Waals surface area (Å²) in [4.78, 5) is 34.1. The summed E-state index contributed by atoms with van der Waals surface area (Å²) in [6.07, 6.45) is -1.11. The van der Waals surface area contributed by atoms with Crippen LogP contribution in [0.3, 0.4) is 0 Å². The number of rotatable bonds is 4. The molecule has 1 aromatic rings. The van der Waals surface area contributed by atoms with Gasteiger partial charge in [0.15, 0.2) is 18.3 Å². The third-order valence-corrected chi connectivity index (χ3v) is 3.33. The van der Waals surface area contributed by atoms with Crippen LogP contribution in [0, 0.1) is 0 Å². The fraction of sp³-hybridized carbons (Fsp3) is 0.533. The Hall–Kier alpha value is -2.35. The monoisotopic (exact) mass is 325 g/mol. The molecule has 23 heavy (non-hydrogen) atoms. The minimum Gasteiger partial charge on any atom is -0.468 e. The molecule has 1 aliphatic heterocycles. The molecule has 1 aliphatic rings. The summed E-state index contributed by atoms with van der Waals surface area (Å²) in [6.45, 7) is 3.96. The van der Waals surface area contributed by atoms with Crippen LogP contribution < -0.4 is 5.32 Å². The lowest BCUT2D eigenvalue weighted by Gasteiger charge is -2.40. The third kappa shape index (κ3) is 4.32. The minimum atomic E-state index is -0.934. The second-order valence-electron chi connectivity index (χ2n) is 5.20. The summed E-state index contributed by atoms with van der Waals surface area (Å²) in [5, 5.41) is 3.10. The van der Waals surface area contributed by atoms with Crippen molar-refractivity contribution in [3.05, 3.63) is 24.2 Å². The van der Waals surface area contributed by atoms with Gasteiger partial charge in [-0.2, -0.15) is 0 Å². The van der Waals surface area contributed by atoms with Crippen LogP contribution in [0.25, 0.3) is 0 Å². The number of nitrogens with one attached hydrogen (secondary N) is 1. The van der Waals surface area contributed by atoms with E-state index in [0.29, 0.717) is 5.76 Å². The number of hydrogen-bond donors (Lipinski definition) is 1. The topological polar surface area (TPSA) is 104 Å². The maximum Gasteiger partial charge on any atom is 0.303 e. The Balaban J connectivity index is 2.31. The molecule has 0 radical (unpaired) electrons. The molecular weight excluding hydrogens is 306 g/mol. The molecular formula is C15H19NO7. The lowest BCUT2D eigenvalue weighted by atomic mass is 9.93. The van der Waals surface area contributed by atoms with Crippen LogP contribution >= 0.6 is 0 Å². The maximum absolute atomic E-state index is 11.5. The molecule has 0 aromatic carbocycles. The second kappa shape index (κ2) is 7.28. The largest absolute Gasteiger partial charge is 0.468 e. The highest BCUT2D eigenvalue weighted by molar-refractivity contribution is 5.68. The summed E-state index contributed by atoms with van der Waals surface area (Å²) in [7, 11) is 0. The standard InChI is InChI=1S/C15H19NO7/c1-8(17)21-12-7-16-13(11-5-4-6-20-11)15(23-10(3)19)14(12)22-9(2)18/h4-6,12-16H,7H2,1-3H3/t12-,13-,14+,15+/m1/s1. The molecule has 4 atom stereocenters. The van der Waals surface area contributed by atoms with Gasteiger partial charge in [-0.25, -0.2) is 0 Å². The molecule has 8 nitrogen and oxygen atoms in total. The lowest BCUT2D eigenvalue weighted by Crippen LogP contribution is -2.59. The number of carbonyl (C=O) groups excluding carboxylic acids is 3. The predicted molar refractivity (Wildman–Crippen MR) is 76.1 cm³/mol. The first kappa shape index (κ1) is 17.0. The Morgan fingerprint density at radius 2 is 1.65 bits per heavy atom. The second-order valence-corrected chi connectivity index (χ2v) is 5.20. The van der Waals surface area contributed by atoms with Gasteiger partial charge in [0.1, 0.15) is 11.8 Å². The molecule has 0 aliphatic carbocycles. The van der Waals surface area contributed by atoms with E-state index in [9.17, 15) is 14.4 Å². The van der Waals surface area contributed by atoms with Gasteiger partial charge < -0.3 is 23.9 Å². The predicted octanol–water partition coefficient (Wildman–Crippen LogP) is 0.719. The molecule has 0 unspecified atom stereocenters. The summed E-state index contributed by atoms with van der Waals surface area (Å²) in [5.74, 6) is -1.11. The molecule has 1 aromatic heterocycles. The van der Waals surface area contributed by atoms with Crippen LogP contribution in [0.2, 0.25) is 0 Å². The van der Waals surface area contributed by atoms with Crippen molar-refractivity contribution in [2.45, 2.75) is 45.1 Å². The van der Waals surface area contributed by atoms with E-state index in [1.165, 1.54) is 27.0 Å². The molecule has 0 saturated carbocycles. The van der Waals surface area contributed by atoms with E-state index >= 15 is 0 Å². The van der Waals surface area contributed by atoms with Gasteiger partial charge in [-0.1, -0.05) is 0 Å². The van der Waals surface area contributed by atoms with E-state index in [1.807, 2.05) is 0 Å². The Morgan fingerprint density at radius 1 is 1.04 bits per heavy atom. The summed E-state index contributed by atoms with van der Waals surface area (Å²) >= 11 is 0. The van der Waals surface area contributed by atoms with Crippen molar-refractivity contribution in [3.8, 4) is 0 Å². The maximum atomic E-state index is 11.5. The van der Waals surface area contributed by atoms with E-state index < -0.39 is 42.3 Å². The Labute approximate surface area is 133 Å². The van der Waals surface area contributed by atoms with Crippen molar-refractivity contribution >= 4 is 17.9 Å².